The first-order valence-electron chi connectivity index (χ1n) is 7.26. The molecular formula is C15H19N3S. The quantitative estimate of drug-likeness (QED) is 0.911. The Morgan fingerprint density at radius 2 is 2.26 bits per heavy atom. The van der Waals surface area contributed by atoms with Crippen molar-refractivity contribution in [1.29, 1.82) is 0 Å². The van der Waals surface area contributed by atoms with Gasteiger partial charge in [-0.05, 0) is 49.7 Å². The van der Waals surface area contributed by atoms with Crippen LogP contribution >= 0.6 is 11.3 Å². The number of hydrogen-bond donors (Lipinski definition) is 1. The Bertz CT molecular complexity index is 574. The summed E-state index contributed by atoms with van der Waals surface area (Å²) in [5.74, 6) is 1.20. The number of nitrogens with one attached hydrogen (secondary N) is 1. The van der Waals surface area contributed by atoms with Gasteiger partial charge in [0.2, 0.25) is 0 Å². The van der Waals surface area contributed by atoms with Gasteiger partial charge in [-0.15, -0.1) is 11.3 Å². The number of rotatable bonds is 2. The maximum atomic E-state index is 4.69. The fourth-order valence-corrected chi connectivity index (χ4v) is 4.40. The second-order valence-corrected chi connectivity index (χ2v) is 6.52. The van der Waals surface area contributed by atoms with Crippen molar-refractivity contribution < 1.29 is 0 Å². The van der Waals surface area contributed by atoms with Crippen molar-refractivity contribution in [3.8, 4) is 0 Å². The first-order valence-corrected chi connectivity index (χ1v) is 8.14. The van der Waals surface area contributed by atoms with Gasteiger partial charge in [-0.1, -0.05) is 0 Å². The Labute approximate surface area is 117 Å². The van der Waals surface area contributed by atoms with Crippen molar-refractivity contribution in [2.75, 3.05) is 18.0 Å². The van der Waals surface area contributed by atoms with E-state index in [4.69, 9.17) is 0 Å². The maximum absolute atomic E-state index is 4.69. The molecule has 2 aromatic heterocycles. The Balaban J connectivity index is 1.72. The third-order valence-corrected chi connectivity index (χ3v) is 5.38. The molecule has 2 aliphatic heterocycles. The number of nitrogens with zero attached hydrogens (tertiary/aromatic N) is 2. The van der Waals surface area contributed by atoms with Crippen molar-refractivity contribution in [2.45, 2.75) is 37.8 Å². The molecule has 19 heavy (non-hydrogen) atoms. The lowest BCUT2D eigenvalue weighted by Gasteiger charge is -2.30. The number of aromatic nitrogens is 1. The molecule has 2 fully saturated rings. The summed E-state index contributed by atoms with van der Waals surface area (Å²) in [4.78, 5) is 7.24. The number of pyridine rings is 1. The van der Waals surface area contributed by atoms with Crippen LogP contribution in [0.5, 0.6) is 0 Å². The molecule has 0 spiro atoms. The molecule has 0 amide bonds. The first kappa shape index (κ1) is 11.7. The Morgan fingerprint density at radius 1 is 1.26 bits per heavy atom. The molecule has 3 nitrogen and oxygen atoms in total. The topological polar surface area (TPSA) is 28.2 Å². The summed E-state index contributed by atoms with van der Waals surface area (Å²) >= 11 is 1.81. The summed E-state index contributed by atoms with van der Waals surface area (Å²) < 4.78 is 1.36. The molecule has 0 aromatic carbocycles. The average Bonchev–Trinajstić information content (AvgIpc) is 3.18. The van der Waals surface area contributed by atoms with Crippen molar-refractivity contribution in [2.24, 2.45) is 0 Å². The summed E-state index contributed by atoms with van der Waals surface area (Å²) in [5, 5.41) is 7.18. The van der Waals surface area contributed by atoms with E-state index in [-0.39, 0.29) is 0 Å². The van der Waals surface area contributed by atoms with E-state index in [0.29, 0.717) is 12.1 Å². The van der Waals surface area contributed by atoms with E-state index < -0.39 is 0 Å². The Kier molecular flexibility index (Phi) is 2.93. The molecule has 2 unspecified atom stereocenters. The maximum Gasteiger partial charge on any atom is 0.137 e. The van der Waals surface area contributed by atoms with E-state index in [1.165, 1.54) is 48.1 Å². The average molecular weight is 273 g/mol. The fourth-order valence-electron chi connectivity index (χ4n) is 3.62. The summed E-state index contributed by atoms with van der Waals surface area (Å²) in [6.45, 7) is 2.34. The van der Waals surface area contributed by atoms with Crippen LogP contribution in [0.1, 0.15) is 25.7 Å². The van der Waals surface area contributed by atoms with Crippen LogP contribution in [0.15, 0.2) is 23.7 Å². The minimum Gasteiger partial charge on any atom is -0.352 e. The van der Waals surface area contributed by atoms with Crippen molar-refractivity contribution in [3.05, 3.63) is 23.7 Å². The van der Waals surface area contributed by atoms with E-state index in [0.717, 1.165) is 6.54 Å². The van der Waals surface area contributed by atoms with Gasteiger partial charge in [0.05, 0.1) is 0 Å². The standard InChI is InChI=1S/C15H19N3S/c1-3-12(16-7-1)13-4-2-9-18(13)15-11-6-10-19-14(11)5-8-17-15/h5-6,8,10,12-13,16H,1-4,7,9H2. The molecule has 2 aromatic rings. The highest BCUT2D eigenvalue weighted by molar-refractivity contribution is 7.17. The Morgan fingerprint density at radius 3 is 3.16 bits per heavy atom. The number of fused-ring (bicyclic) bond motifs is 1. The van der Waals surface area contributed by atoms with Crippen LogP contribution in [0, 0.1) is 0 Å². The molecule has 2 atom stereocenters. The van der Waals surface area contributed by atoms with Gasteiger partial charge in [0.1, 0.15) is 5.82 Å². The van der Waals surface area contributed by atoms with Gasteiger partial charge in [0, 0.05) is 34.9 Å². The normalized spacial score (nSPS) is 27.5. The van der Waals surface area contributed by atoms with Crippen LogP contribution in [-0.2, 0) is 0 Å². The molecule has 100 valence electrons. The molecule has 0 saturated carbocycles. The smallest absolute Gasteiger partial charge is 0.137 e. The Hall–Kier alpha value is -1.13. The van der Waals surface area contributed by atoms with Crippen molar-refractivity contribution >= 4 is 27.2 Å². The molecule has 0 aliphatic carbocycles. The lowest BCUT2D eigenvalue weighted by molar-refractivity contribution is 0.481. The molecule has 4 rings (SSSR count). The molecular weight excluding hydrogens is 254 g/mol. The second-order valence-electron chi connectivity index (χ2n) is 5.57. The van der Waals surface area contributed by atoms with Crippen LogP contribution in [0.25, 0.3) is 10.1 Å². The molecule has 0 bridgehead atoms. The lowest BCUT2D eigenvalue weighted by Crippen LogP contribution is -2.44. The van der Waals surface area contributed by atoms with Crippen LogP contribution in [0.4, 0.5) is 5.82 Å². The highest BCUT2D eigenvalue weighted by Crippen LogP contribution is 2.34. The zero-order chi connectivity index (χ0) is 12.7. The van der Waals surface area contributed by atoms with E-state index in [1.807, 2.05) is 17.5 Å². The van der Waals surface area contributed by atoms with Crippen LogP contribution in [0.2, 0.25) is 0 Å². The monoisotopic (exact) mass is 273 g/mol. The lowest BCUT2D eigenvalue weighted by atomic mass is 10.0. The van der Waals surface area contributed by atoms with Gasteiger partial charge >= 0.3 is 0 Å². The van der Waals surface area contributed by atoms with Crippen LogP contribution < -0.4 is 10.2 Å². The zero-order valence-electron chi connectivity index (χ0n) is 11.0. The summed E-state index contributed by atoms with van der Waals surface area (Å²) in [6, 6.07) is 5.65. The third-order valence-electron chi connectivity index (χ3n) is 4.49. The summed E-state index contributed by atoms with van der Waals surface area (Å²) in [5.41, 5.74) is 0. The van der Waals surface area contributed by atoms with Crippen molar-refractivity contribution in [3.63, 3.8) is 0 Å². The zero-order valence-corrected chi connectivity index (χ0v) is 11.8. The van der Waals surface area contributed by atoms with E-state index in [1.54, 1.807) is 0 Å². The fraction of sp³-hybridized carbons (Fsp3) is 0.533. The molecule has 2 aliphatic rings. The van der Waals surface area contributed by atoms with Gasteiger partial charge < -0.3 is 10.2 Å². The number of hydrogen-bond acceptors (Lipinski definition) is 4. The predicted molar refractivity (Wildman–Crippen MR) is 81.0 cm³/mol. The number of thiophene rings is 1. The van der Waals surface area contributed by atoms with Crippen LogP contribution in [-0.4, -0.2) is 30.2 Å². The van der Waals surface area contributed by atoms with Crippen LogP contribution in [0.3, 0.4) is 0 Å². The van der Waals surface area contributed by atoms with Gasteiger partial charge in [0.15, 0.2) is 0 Å². The third kappa shape index (κ3) is 1.94. The largest absolute Gasteiger partial charge is 0.352 e. The van der Waals surface area contributed by atoms with E-state index in [2.05, 4.69) is 32.7 Å². The predicted octanol–water partition coefficient (Wildman–Crippen LogP) is 3.02. The van der Waals surface area contributed by atoms with Crippen molar-refractivity contribution in [1.82, 2.24) is 10.3 Å². The van der Waals surface area contributed by atoms with Gasteiger partial charge in [-0.3, -0.25) is 0 Å². The summed E-state index contributed by atoms with van der Waals surface area (Å²) in [7, 11) is 0. The van der Waals surface area contributed by atoms with E-state index in [9.17, 15) is 0 Å². The summed E-state index contributed by atoms with van der Waals surface area (Å²) in [6.07, 6.45) is 7.21. The molecule has 2 saturated heterocycles. The highest BCUT2D eigenvalue weighted by Gasteiger charge is 2.34. The minimum atomic E-state index is 0.639. The SMILES string of the molecule is c1cc2sccc2c(N2CCCC2C2CCCN2)n1. The number of anilines is 1. The second kappa shape index (κ2) is 4.76. The highest BCUT2D eigenvalue weighted by atomic mass is 32.1. The van der Waals surface area contributed by atoms with Gasteiger partial charge in [-0.2, -0.15) is 0 Å². The molecule has 4 heteroatoms. The molecule has 4 heterocycles. The molecule has 0 radical (unpaired) electrons. The van der Waals surface area contributed by atoms with Gasteiger partial charge in [-0.25, -0.2) is 4.98 Å². The first-order chi connectivity index (χ1) is 9.43. The van der Waals surface area contributed by atoms with Gasteiger partial charge in [0.25, 0.3) is 0 Å². The minimum absolute atomic E-state index is 0.639. The van der Waals surface area contributed by atoms with E-state index >= 15 is 0 Å². The molecule has 1 N–H and O–H groups in total.